The highest BCUT2D eigenvalue weighted by atomic mass is 35.5. The molecule has 204 valence electrons. The maximum Gasteiger partial charge on any atom is 0.220 e. The monoisotopic (exact) mass is 542 g/mol. The summed E-state index contributed by atoms with van der Waals surface area (Å²) in [5.41, 5.74) is 7.45. The number of carbonyl (C=O) groups is 1. The lowest BCUT2D eigenvalue weighted by Gasteiger charge is -2.44. The molecule has 0 saturated carbocycles. The van der Waals surface area contributed by atoms with Gasteiger partial charge in [-0.2, -0.15) is 0 Å². The van der Waals surface area contributed by atoms with Crippen molar-refractivity contribution in [3.8, 4) is 0 Å². The summed E-state index contributed by atoms with van der Waals surface area (Å²) in [6.45, 7) is 1.08. The molecule has 0 spiro atoms. The maximum atomic E-state index is 12.5. The maximum absolute atomic E-state index is 12.5. The van der Waals surface area contributed by atoms with Gasteiger partial charge in [-0.1, -0.05) is 60.1 Å². The van der Waals surface area contributed by atoms with Gasteiger partial charge in [0.05, 0.1) is 19.8 Å². The van der Waals surface area contributed by atoms with E-state index in [0.717, 1.165) is 21.9 Å². The molecule has 3 aromatic rings. The number of nitrogens with two attached hydrogens (primary N) is 1. The van der Waals surface area contributed by atoms with E-state index in [-0.39, 0.29) is 25.5 Å². The average Bonchev–Trinajstić information content (AvgIpc) is 2.93. The summed E-state index contributed by atoms with van der Waals surface area (Å²) in [5.74, 6) is -0.218. The van der Waals surface area contributed by atoms with Crippen molar-refractivity contribution in [2.75, 3.05) is 20.3 Å². The Kier molecular flexibility index (Phi) is 10.5. The Morgan fingerprint density at radius 2 is 1.79 bits per heavy atom. The van der Waals surface area contributed by atoms with E-state index >= 15 is 0 Å². The first-order chi connectivity index (χ1) is 18.5. The zero-order valence-corrected chi connectivity index (χ0v) is 22.2. The molecule has 4 rings (SSSR count). The fraction of sp³-hybridized carbons (Fsp3) is 0.414. The molecule has 1 aliphatic heterocycles. The molecule has 1 fully saturated rings. The molecule has 1 aliphatic rings. The largest absolute Gasteiger partial charge is 0.388 e. The van der Waals surface area contributed by atoms with Crippen LogP contribution in [0.3, 0.4) is 0 Å². The number of amides is 1. The van der Waals surface area contributed by atoms with Gasteiger partial charge in [0, 0.05) is 18.6 Å². The van der Waals surface area contributed by atoms with Crippen LogP contribution in [-0.2, 0) is 37.0 Å². The van der Waals surface area contributed by atoms with Gasteiger partial charge in [0.15, 0.2) is 6.29 Å². The predicted octanol–water partition coefficient (Wildman–Crippen LogP) is 3.55. The smallest absolute Gasteiger partial charge is 0.220 e. The summed E-state index contributed by atoms with van der Waals surface area (Å²) in [6, 6.07) is 20.8. The number of nitrogens with one attached hydrogen (secondary N) is 1. The molecule has 8 nitrogen and oxygen atoms in total. The summed E-state index contributed by atoms with van der Waals surface area (Å²) in [6.07, 6.45) is -2.63. The number of rotatable bonds is 12. The fourth-order valence-electron chi connectivity index (χ4n) is 4.53. The number of hydrogen-bond acceptors (Lipinski definition) is 7. The van der Waals surface area contributed by atoms with Crippen LogP contribution >= 0.6 is 11.6 Å². The molecule has 4 N–H and O–H groups in total. The number of aliphatic hydroxyl groups excluding tert-OH is 1. The molecule has 1 amide bonds. The molecule has 1 heterocycles. The van der Waals surface area contributed by atoms with Crippen molar-refractivity contribution < 1.29 is 28.8 Å². The zero-order chi connectivity index (χ0) is 26.9. The van der Waals surface area contributed by atoms with Gasteiger partial charge < -0.3 is 35.1 Å². The van der Waals surface area contributed by atoms with Crippen LogP contribution in [0.25, 0.3) is 10.8 Å². The molecule has 0 aliphatic carbocycles. The first-order valence-corrected chi connectivity index (χ1v) is 13.1. The third-order valence-electron chi connectivity index (χ3n) is 6.57. The van der Waals surface area contributed by atoms with Crippen LogP contribution < -0.4 is 11.1 Å². The number of benzene rings is 3. The fourth-order valence-corrected chi connectivity index (χ4v) is 4.66. The second kappa shape index (κ2) is 14.0. The van der Waals surface area contributed by atoms with Crippen molar-refractivity contribution in [2.45, 2.75) is 56.7 Å². The minimum Gasteiger partial charge on any atom is -0.388 e. The quantitative estimate of drug-likeness (QED) is 0.321. The third kappa shape index (κ3) is 7.51. The van der Waals surface area contributed by atoms with Gasteiger partial charge >= 0.3 is 0 Å². The van der Waals surface area contributed by atoms with Crippen LogP contribution in [0.15, 0.2) is 66.7 Å². The van der Waals surface area contributed by atoms with Crippen molar-refractivity contribution in [3.63, 3.8) is 0 Å². The van der Waals surface area contributed by atoms with Crippen LogP contribution in [0.2, 0.25) is 5.02 Å². The van der Waals surface area contributed by atoms with Crippen molar-refractivity contribution in [1.29, 1.82) is 0 Å². The van der Waals surface area contributed by atoms with Gasteiger partial charge in [-0.15, -0.1) is 0 Å². The van der Waals surface area contributed by atoms with Gasteiger partial charge in [0.1, 0.15) is 24.4 Å². The Labute approximate surface area is 228 Å². The summed E-state index contributed by atoms with van der Waals surface area (Å²) in [5, 5.41) is 16.9. The standard InChI is InChI=1S/C29H35ClN2O6/c1-35-28-26(32-25(33)7-4-14-31)29(37-17-19-9-12-23(30)13-10-19)38-24(27(28)34)18-36-16-20-8-11-21-5-2-3-6-22(21)15-20/h2-3,5-6,8-13,15,24,26-29,34H,4,7,14,16-18,31H2,1H3,(H,32,33)/t24-,26-,27-,28-,29?/m1/s1. The number of aliphatic hydroxyl groups is 1. The minimum atomic E-state index is -1.05. The second-order valence-electron chi connectivity index (χ2n) is 9.35. The van der Waals surface area contributed by atoms with Gasteiger partial charge in [0.2, 0.25) is 5.91 Å². The summed E-state index contributed by atoms with van der Waals surface area (Å²) >= 11 is 6.00. The van der Waals surface area contributed by atoms with E-state index < -0.39 is 30.6 Å². The van der Waals surface area contributed by atoms with Crippen molar-refractivity contribution in [2.24, 2.45) is 5.73 Å². The molecular weight excluding hydrogens is 508 g/mol. The van der Waals surface area contributed by atoms with E-state index in [9.17, 15) is 9.90 Å². The van der Waals surface area contributed by atoms with Crippen LogP contribution in [0.4, 0.5) is 0 Å². The van der Waals surface area contributed by atoms with E-state index in [2.05, 4.69) is 29.6 Å². The lowest BCUT2D eigenvalue weighted by Crippen LogP contribution is -2.65. The number of fused-ring (bicyclic) bond motifs is 1. The van der Waals surface area contributed by atoms with Crippen LogP contribution in [0.5, 0.6) is 0 Å². The molecule has 0 bridgehead atoms. The van der Waals surface area contributed by atoms with E-state index in [1.165, 1.54) is 7.11 Å². The molecule has 38 heavy (non-hydrogen) atoms. The Hall–Kier alpha value is -2.56. The molecule has 9 heteroatoms. The summed E-state index contributed by atoms with van der Waals surface area (Å²) in [4.78, 5) is 12.5. The van der Waals surface area contributed by atoms with Crippen molar-refractivity contribution >= 4 is 28.3 Å². The molecule has 3 aromatic carbocycles. The van der Waals surface area contributed by atoms with Crippen LogP contribution in [-0.4, -0.2) is 61.9 Å². The van der Waals surface area contributed by atoms with E-state index in [4.69, 9.17) is 36.3 Å². The van der Waals surface area contributed by atoms with Crippen molar-refractivity contribution in [3.05, 3.63) is 82.9 Å². The Morgan fingerprint density at radius 3 is 2.53 bits per heavy atom. The molecular formula is C29H35ClN2O6. The zero-order valence-electron chi connectivity index (χ0n) is 21.4. The average molecular weight is 543 g/mol. The Bertz CT molecular complexity index is 1180. The number of halogens is 1. The lowest BCUT2D eigenvalue weighted by atomic mass is 9.96. The minimum absolute atomic E-state index is 0.114. The topological polar surface area (TPSA) is 112 Å². The lowest BCUT2D eigenvalue weighted by molar-refractivity contribution is -0.279. The summed E-state index contributed by atoms with van der Waals surface area (Å²) < 4.78 is 23.9. The van der Waals surface area contributed by atoms with Gasteiger partial charge in [-0.05, 0) is 53.1 Å². The molecule has 0 aromatic heterocycles. The summed E-state index contributed by atoms with van der Waals surface area (Å²) in [7, 11) is 1.49. The van der Waals surface area contributed by atoms with E-state index in [0.29, 0.717) is 24.6 Å². The van der Waals surface area contributed by atoms with Crippen LogP contribution in [0.1, 0.15) is 24.0 Å². The Morgan fingerprint density at radius 1 is 1.05 bits per heavy atom. The molecule has 5 atom stereocenters. The Balaban J connectivity index is 1.43. The first kappa shape index (κ1) is 28.4. The first-order valence-electron chi connectivity index (χ1n) is 12.8. The predicted molar refractivity (Wildman–Crippen MR) is 146 cm³/mol. The van der Waals surface area contributed by atoms with E-state index in [1.54, 1.807) is 12.1 Å². The van der Waals surface area contributed by atoms with Gasteiger partial charge in [-0.25, -0.2) is 0 Å². The molecule has 1 unspecified atom stereocenters. The molecule has 0 radical (unpaired) electrons. The number of hydrogen-bond donors (Lipinski definition) is 3. The number of ether oxygens (including phenoxy) is 4. The highest BCUT2D eigenvalue weighted by Gasteiger charge is 2.47. The van der Waals surface area contributed by atoms with Gasteiger partial charge in [-0.3, -0.25) is 4.79 Å². The van der Waals surface area contributed by atoms with Crippen molar-refractivity contribution in [1.82, 2.24) is 5.32 Å². The number of methoxy groups -OCH3 is 1. The SMILES string of the molecule is CO[C@H]1[C@H](O)[C@@H](COCc2ccc3ccccc3c2)OC(OCc2ccc(Cl)cc2)[C@@H]1NC(=O)CCCN. The van der Waals surface area contributed by atoms with E-state index in [1.807, 2.05) is 30.3 Å². The second-order valence-corrected chi connectivity index (χ2v) is 9.79. The highest BCUT2D eigenvalue weighted by molar-refractivity contribution is 6.30. The highest BCUT2D eigenvalue weighted by Crippen LogP contribution is 2.26. The number of carbonyl (C=O) groups excluding carboxylic acids is 1. The third-order valence-corrected chi connectivity index (χ3v) is 6.83. The van der Waals surface area contributed by atoms with Gasteiger partial charge in [0.25, 0.3) is 0 Å². The van der Waals surface area contributed by atoms with Crippen LogP contribution in [0, 0.1) is 0 Å². The normalized spacial score (nSPS) is 23.4. The molecule has 1 saturated heterocycles.